The number of ether oxygens (including phenoxy) is 1. The zero-order valence-electron chi connectivity index (χ0n) is 9.27. The molecule has 0 unspecified atom stereocenters. The van der Waals surface area contributed by atoms with E-state index >= 15 is 0 Å². The molecule has 1 aromatic heterocycles. The Balaban J connectivity index is 2.02. The summed E-state index contributed by atoms with van der Waals surface area (Å²) in [5.74, 6) is -2.07. The van der Waals surface area contributed by atoms with Crippen molar-refractivity contribution in [2.45, 2.75) is 6.61 Å². The van der Waals surface area contributed by atoms with Gasteiger partial charge < -0.3 is 4.74 Å². The second-order valence-electron chi connectivity index (χ2n) is 3.53. The molecule has 2 aromatic rings. The molecular formula is C13H9F2NO2. The number of carbonyl (C=O) groups excluding carboxylic acids is 1. The van der Waals surface area contributed by atoms with Crippen LogP contribution < -0.4 is 0 Å². The number of hydrogen-bond acceptors (Lipinski definition) is 3. The fraction of sp³-hybridized carbons (Fsp3) is 0.0769. The minimum atomic E-state index is -0.746. The molecule has 0 bridgehead atoms. The molecule has 92 valence electrons. The third-order valence-corrected chi connectivity index (χ3v) is 2.25. The van der Waals surface area contributed by atoms with Gasteiger partial charge in [0.05, 0.1) is 0 Å². The lowest BCUT2D eigenvalue weighted by Gasteiger charge is -2.05. The molecule has 0 amide bonds. The van der Waals surface area contributed by atoms with E-state index in [4.69, 9.17) is 4.74 Å². The molecule has 0 saturated carbocycles. The fourth-order valence-electron chi connectivity index (χ4n) is 1.34. The first-order valence-corrected chi connectivity index (χ1v) is 5.19. The highest BCUT2D eigenvalue weighted by Gasteiger charge is 2.10. The van der Waals surface area contributed by atoms with E-state index in [9.17, 15) is 13.6 Å². The molecule has 0 saturated heterocycles. The summed E-state index contributed by atoms with van der Waals surface area (Å²) in [6.45, 7) is -0.262. The Kier molecular flexibility index (Phi) is 3.62. The topological polar surface area (TPSA) is 39.2 Å². The molecule has 0 atom stereocenters. The van der Waals surface area contributed by atoms with Crippen molar-refractivity contribution < 1.29 is 18.3 Å². The van der Waals surface area contributed by atoms with Gasteiger partial charge in [-0.2, -0.15) is 0 Å². The summed E-state index contributed by atoms with van der Waals surface area (Å²) in [4.78, 5) is 15.3. The third-order valence-electron chi connectivity index (χ3n) is 2.25. The van der Waals surface area contributed by atoms with E-state index in [0.717, 1.165) is 12.1 Å². The van der Waals surface area contributed by atoms with E-state index in [-0.39, 0.29) is 17.9 Å². The van der Waals surface area contributed by atoms with Gasteiger partial charge in [0.15, 0.2) is 0 Å². The largest absolute Gasteiger partial charge is 0.456 e. The van der Waals surface area contributed by atoms with Crippen LogP contribution in [0.4, 0.5) is 8.78 Å². The van der Waals surface area contributed by atoms with Gasteiger partial charge >= 0.3 is 5.97 Å². The molecule has 1 heterocycles. The van der Waals surface area contributed by atoms with Crippen LogP contribution in [0.3, 0.4) is 0 Å². The van der Waals surface area contributed by atoms with E-state index in [1.807, 2.05) is 0 Å². The molecule has 0 fully saturated rings. The van der Waals surface area contributed by atoms with Gasteiger partial charge in [-0.3, -0.25) is 0 Å². The van der Waals surface area contributed by atoms with Gasteiger partial charge in [-0.25, -0.2) is 18.6 Å². The molecule has 18 heavy (non-hydrogen) atoms. The van der Waals surface area contributed by atoms with E-state index in [2.05, 4.69) is 4.98 Å². The summed E-state index contributed by atoms with van der Waals surface area (Å²) in [6, 6.07) is 7.87. The quantitative estimate of drug-likeness (QED) is 0.785. The van der Waals surface area contributed by atoms with Crippen molar-refractivity contribution >= 4 is 5.97 Å². The monoisotopic (exact) mass is 249 g/mol. The van der Waals surface area contributed by atoms with Gasteiger partial charge in [0.25, 0.3) is 0 Å². The number of pyridine rings is 1. The van der Waals surface area contributed by atoms with Crippen molar-refractivity contribution in [2.75, 3.05) is 0 Å². The van der Waals surface area contributed by atoms with Crippen molar-refractivity contribution in [3.8, 4) is 0 Å². The summed E-state index contributed by atoms with van der Waals surface area (Å²) < 4.78 is 30.8. The highest BCUT2D eigenvalue weighted by atomic mass is 19.1. The van der Waals surface area contributed by atoms with Gasteiger partial charge in [0.2, 0.25) is 0 Å². The maximum absolute atomic E-state index is 13.3. The summed E-state index contributed by atoms with van der Waals surface area (Å²) in [6.07, 6.45) is 1.45. The van der Waals surface area contributed by atoms with E-state index < -0.39 is 17.6 Å². The molecule has 0 aliphatic carbocycles. The van der Waals surface area contributed by atoms with Crippen LogP contribution in [-0.4, -0.2) is 11.0 Å². The summed E-state index contributed by atoms with van der Waals surface area (Å²) in [7, 11) is 0. The predicted molar refractivity (Wildman–Crippen MR) is 59.7 cm³/mol. The van der Waals surface area contributed by atoms with Crippen molar-refractivity contribution in [1.29, 1.82) is 0 Å². The van der Waals surface area contributed by atoms with Crippen LogP contribution in [-0.2, 0) is 11.3 Å². The average Bonchev–Trinajstić information content (AvgIpc) is 2.38. The van der Waals surface area contributed by atoms with E-state index in [0.29, 0.717) is 0 Å². The number of carbonyl (C=O) groups is 1. The van der Waals surface area contributed by atoms with Crippen molar-refractivity contribution in [1.82, 2.24) is 4.98 Å². The standard InChI is InChI=1S/C13H9F2NO2/c14-10-5-4-9(11(15)7-10)8-18-13(17)12-3-1-2-6-16-12/h1-7H,8H2. The lowest BCUT2D eigenvalue weighted by molar-refractivity contribution is 0.0462. The summed E-state index contributed by atoms with van der Waals surface area (Å²) in [5.41, 5.74) is 0.251. The van der Waals surface area contributed by atoms with Gasteiger partial charge in [-0.1, -0.05) is 6.07 Å². The maximum Gasteiger partial charge on any atom is 0.357 e. The molecule has 3 nitrogen and oxygen atoms in total. The van der Waals surface area contributed by atoms with Crippen molar-refractivity contribution in [3.63, 3.8) is 0 Å². The van der Waals surface area contributed by atoms with E-state index in [1.54, 1.807) is 12.1 Å². The molecule has 0 radical (unpaired) electrons. The number of aromatic nitrogens is 1. The number of benzene rings is 1. The molecule has 2 rings (SSSR count). The van der Waals surface area contributed by atoms with Gasteiger partial charge in [0.1, 0.15) is 23.9 Å². The Labute approximate surface area is 102 Å². The molecule has 0 spiro atoms. The van der Waals surface area contributed by atoms with Gasteiger partial charge in [-0.05, 0) is 24.3 Å². The highest BCUT2D eigenvalue weighted by Crippen LogP contribution is 2.11. The van der Waals surface area contributed by atoms with Crippen LogP contribution in [0.15, 0.2) is 42.6 Å². The number of halogens is 2. The second-order valence-corrected chi connectivity index (χ2v) is 3.53. The van der Waals surface area contributed by atoms with Crippen molar-refractivity contribution in [3.05, 3.63) is 65.5 Å². The first-order chi connectivity index (χ1) is 8.66. The van der Waals surface area contributed by atoms with Crippen LogP contribution >= 0.6 is 0 Å². The number of esters is 1. The minimum Gasteiger partial charge on any atom is -0.456 e. The Bertz CT molecular complexity index is 558. The van der Waals surface area contributed by atoms with Gasteiger partial charge in [0, 0.05) is 17.8 Å². The Morgan fingerprint density at radius 2 is 2.06 bits per heavy atom. The Hall–Kier alpha value is -2.30. The minimum absolute atomic E-state index is 0.112. The lowest BCUT2D eigenvalue weighted by Crippen LogP contribution is -2.07. The molecule has 1 aromatic carbocycles. The van der Waals surface area contributed by atoms with Gasteiger partial charge in [-0.15, -0.1) is 0 Å². The molecule has 0 aliphatic heterocycles. The lowest BCUT2D eigenvalue weighted by atomic mass is 10.2. The van der Waals surface area contributed by atoms with Crippen LogP contribution in [0, 0.1) is 11.6 Å². The zero-order valence-corrected chi connectivity index (χ0v) is 9.27. The summed E-state index contributed by atoms with van der Waals surface area (Å²) >= 11 is 0. The SMILES string of the molecule is O=C(OCc1ccc(F)cc1F)c1ccccn1. The van der Waals surface area contributed by atoms with E-state index in [1.165, 1.54) is 18.3 Å². The average molecular weight is 249 g/mol. The number of hydrogen-bond donors (Lipinski definition) is 0. The summed E-state index contributed by atoms with van der Waals surface area (Å²) in [5, 5.41) is 0. The van der Waals surface area contributed by atoms with Crippen LogP contribution in [0.25, 0.3) is 0 Å². The molecule has 0 N–H and O–H groups in total. The molecular weight excluding hydrogens is 240 g/mol. The fourth-order valence-corrected chi connectivity index (χ4v) is 1.34. The Morgan fingerprint density at radius 1 is 1.22 bits per heavy atom. The smallest absolute Gasteiger partial charge is 0.357 e. The van der Waals surface area contributed by atoms with Crippen LogP contribution in [0.5, 0.6) is 0 Å². The molecule has 5 heteroatoms. The molecule has 0 aliphatic rings. The highest BCUT2D eigenvalue weighted by molar-refractivity contribution is 5.87. The first kappa shape index (κ1) is 12.2. The van der Waals surface area contributed by atoms with Crippen LogP contribution in [0.2, 0.25) is 0 Å². The number of rotatable bonds is 3. The predicted octanol–water partition coefficient (Wildman–Crippen LogP) is 2.72. The Morgan fingerprint density at radius 3 is 2.72 bits per heavy atom. The second kappa shape index (κ2) is 5.35. The normalized spacial score (nSPS) is 10.1. The third kappa shape index (κ3) is 2.88. The van der Waals surface area contributed by atoms with Crippen LogP contribution in [0.1, 0.15) is 16.1 Å². The van der Waals surface area contributed by atoms with Crippen molar-refractivity contribution in [2.24, 2.45) is 0 Å². The first-order valence-electron chi connectivity index (χ1n) is 5.19. The zero-order chi connectivity index (χ0) is 13.0. The maximum atomic E-state index is 13.3. The number of nitrogens with zero attached hydrogens (tertiary/aromatic N) is 1.